The van der Waals surface area contributed by atoms with E-state index in [1.165, 1.54) is 4.90 Å². The third-order valence-electron chi connectivity index (χ3n) is 14.0. The summed E-state index contributed by atoms with van der Waals surface area (Å²) in [5.74, 6) is -0.0477. The van der Waals surface area contributed by atoms with Gasteiger partial charge in [0.15, 0.2) is 0 Å². The van der Waals surface area contributed by atoms with Gasteiger partial charge in [0.1, 0.15) is 35.6 Å². The lowest BCUT2D eigenvalue weighted by Crippen LogP contribution is -2.59. The minimum Gasteiger partial charge on any atom is -0.497 e. The molecule has 4 amide bonds. The molecular weight excluding hydrogens is 853 g/mol. The number of ether oxygens (including phenoxy) is 4. The average Bonchev–Trinajstić information content (AvgIpc) is 4.23. The molecule has 65 heavy (non-hydrogen) atoms. The number of aromatic nitrogens is 2. The summed E-state index contributed by atoms with van der Waals surface area (Å²) in [6, 6.07) is 8.83. The minimum absolute atomic E-state index is 0.00923. The van der Waals surface area contributed by atoms with Crippen molar-refractivity contribution in [1.82, 2.24) is 30.2 Å². The number of carbonyl (C=O) groups is 4. The van der Waals surface area contributed by atoms with Gasteiger partial charge in [0.05, 0.1) is 30.7 Å². The summed E-state index contributed by atoms with van der Waals surface area (Å²) in [4.78, 5) is 68.4. The Morgan fingerprint density at radius 1 is 0.969 bits per heavy atom. The van der Waals surface area contributed by atoms with E-state index in [0.717, 1.165) is 31.1 Å². The fraction of sp³-hybridized carbons (Fsp3) is 0.583. The predicted octanol–water partition coefficient (Wildman–Crippen LogP) is 5.83. The Kier molecular flexibility index (Phi) is 12.2. The van der Waals surface area contributed by atoms with Gasteiger partial charge in [0.25, 0.3) is 5.91 Å². The van der Waals surface area contributed by atoms with Gasteiger partial charge in [-0.25, -0.2) is 23.2 Å². The Morgan fingerprint density at radius 2 is 1.75 bits per heavy atom. The lowest BCUT2D eigenvalue weighted by molar-refractivity contribution is -0.142. The monoisotopic (exact) mass is 912 g/mol. The van der Waals surface area contributed by atoms with Gasteiger partial charge >= 0.3 is 6.09 Å². The van der Waals surface area contributed by atoms with Crippen LogP contribution in [0.25, 0.3) is 22.0 Å². The second-order valence-electron chi connectivity index (χ2n) is 19.6. The topological polar surface area (TPSA) is 204 Å². The van der Waals surface area contributed by atoms with Crippen LogP contribution in [-0.2, 0) is 29.1 Å². The second-order valence-corrected chi connectivity index (χ2v) is 21.5. The first kappa shape index (κ1) is 44.7. The van der Waals surface area contributed by atoms with Gasteiger partial charge in [-0.2, -0.15) is 0 Å². The molecule has 6 aliphatic rings. The van der Waals surface area contributed by atoms with Crippen molar-refractivity contribution < 1.29 is 46.5 Å². The van der Waals surface area contributed by atoms with Crippen LogP contribution in [0.4, 0.5) is 4.79 Å². The Bertz CT molecular complexity index is 2470. The number of carbonyl (C=O) groups excluding carboxylic acids is 4. The van der Waals surface area contributed by atoms with Crippen molar-refractivity contribution in [2.45, 2.75) is 133 Å². The van der Waals surface area contributed by atoms with Crippen LogP contribution < -0.4 is 29.6 Å². The lowest BCUT2D eigenvalue weighted by Gasteiger charge is -2.33. The normalized spacial score (nSPS) is 31.6. The number of hydrogen-bond acceptors (Lipinski definition) is 12. The molecule has 0 bridgehead atoms. The zero-order valence-corrected chi connectivity index (χ0v) is 38.5. The minimum atomic E-state index is -3.93. The molecule has 1 aromatic carbocycles. The molecule has 1 saturated heterocycles. The molecule has 3 unspecified atom stereocenters. The number of allylic oxidation sites excluding steroid dienone is 1. The standard InChI is InChI=1S/C48H60N6O10S/c1-26(2)62-41-15-10-29(24-49-41)39-21-32-20-34(61-5)11-14-38(32)44(50-39)63-36-22-40-43(55)52-48(46(57)53-65(59,60)37-12-13-37)23-33(48)9-7-6-8-27(3)16-28(4)42(45(56)54(40)25-36)51-47(58)64-35-18-30-17-31(30)19-35/h7,9-11,14-15,20-21,24,26-28,30-31,33,35-37,40,42H,6,8,12-13,16-19,22-23,25H2,1-5H3,(H,51,58)(H,52,55)(H,53,57)/b9-7-/t27-,28+,30-,31+,33?,35?,36?,40-,42-,48+/m0/s1. The number of rotatable bonds is 11. The van der Waals surface area contributed by atoms with Crippen LogP contribution in [0.2, 0.25) is 0 Å². The predicted molar refractivity (Wildman–Crippen MR) is 240 cm³/mol. The summed E-state index contributed by atoms with van der Waals surface area (Å²) in [7, 11) is -2.35. The van der Waals surface area contributed by atoms with E-state index in [1.807, 2.05) is 57.2 Å². The van der Waals surface area contributed by atoms with E-state index < -0.39 is 68.7 Å². The zero-order chi connectivity index (χ0) is 45.8. The summed E-state index contributed by atoms with van der Waals surface area (Å²) < 4.78 is 52.3. The first-order valence-corrected chi connectivity index (χ1v) is 24.7. The number of sulfonamides is 1. The molecule has 0 radical (unpaired) electrons. The quantitative estimate of drug-likeness (QED) is 0.195. The van der Waals surface area contributed by atoms with Crippen LogP contribution in [0.3, 0.4) is 0 Å². The Morgan fingerprint density at radius 3 is 2.46 bits per heavy atom. The maximum atomic E-state index is 15.2. The molecule has 4 aliphatic carbocycles. The fourth-order valence-corrected chi connectivity index (χ4v) is 11.5. The molecule has 17 heteroatoms. The number of pyridine rings is 2. The molecule has 0 spiro atoms. The van der Waals surface area contributed by atoms with Crippen molar-refractivity contribution in [3.8, 4) is 28.8 Å². The largest absolute Gasteiger partial charge is 0.497 e. The SMILES string of the molecule is COc1ccc2c(OC3C[C@H]4C(=O)N[C@]5(C(=O)NS(=O)(=O)C6CC6)CC5/C=C\CC[C@H](C)C[C@@H](C)[C@H](NC(=O)OC5C[C@@H]6C[C@@H]6C5)C(=O)N4C3)nc(-c3ccc(OC(C)C)nc3)cc2c1. The third-order valence-corrected chi connectivity index (χ3v) is 15.9. The number of alkyl carbamates (subject to hydrolysis) is 1. The van der Waals surface area contributed by atoms with Crippen LogP contribution in [-0.4, -0.2) is 102 Å². The van der Waals surface area contributed by atoms with Crippen molar-refractivity contribution in [3.63, 3.8) is 0 Å². The van der Waals surface area contributed by atoms with Gasteiger partial charge in [-0.1, -0.05) is 26.0 Å². The van der Waals surface area contributed by atoms with Crippen molar-refractivity contribution in [2.75, 3.05) is 13.7 Å². The maximum Gasteiger partial charge on any atom is 0.408 e. The number of amides is 4. The molecular formula is C48H60N6O10S. The van der Waals surface area contributed by atoms with Crippen molar-refractivity contribution in [2.24, 2.45) is 29.6 Å². The van der Waals surface area contributed by atoms with E-state index in [-0.39, 0.29) is 49.3 Å². The molecule has 3 N–H and O–H groups in total. The highest BCUT2D eigenvalue weighted by molar-refractivity contribution is 7.91. The maximum absolute atomic E-state index is 15.2. The first-order valence-electron chi connectivity index (χ1n) is 23.2. The van der Waals surface area contributed by atoms with Gasteiger partial charge in [0, 0.05) is 35.6 Å². The Balaban J connectivity index is 1.05. The lowest BCUT2D eigenvalue weighted by atomic mass is 9.88. The molecule has 2 aromatic heterocycles. The van der Waals surface area contributed by atoms with Gasteiger partial charge in [-0.15, -0.1) is 0 Å². The van der Waals surface area contributed by atoms with E-state index in [0.29, 0.717) is 65.8 Å². The molecule has 10 atom stereocenters. The number of nitrogens with one attached hydrogen (secondary N) is 3. The Hall–Kier alpha value is -5.45. The number of benzene rings is 1. The van der Waals surface area contributed by atoms with E-state index >= 15 is 4.79 Å². The van der Waals surface area contributed by atoms with Crippen LogP contribution in [0, 0.1) is 29.6 Å². The van der Waals surface area contributed by atoms with Crippen LogP contribution >= 0.6 is 0 Å². The average molecular weight is 913 g/mol. The van der Waals surface area contributed by atoms with Crippen LogP contribution in [0.15, 0.2) is 54.7 Å². The number of nitrogens with zero attached hydrogens (tertiary/aromatic N) is 3. The molecule has 4 saturated carbocycles. The van der Waals surface area contributed by atoms with E-state index in [1.54, 1.807) is 25.4 Å². The summed E-state index contributed by atoms with van der Waals surface area (Å²) in [5, 5.41) is 6.65. The molecule has 16 nitrogen and oxygen atoms in total. The van der Waals surface area contributed by atoms with E-state index in [4.69, 9.17) is 23.9 Å². The summed E-state index contributed by atoms with van der Waals surface area (Å²) in [5.41, 5.74) is -0.290. The summed E-state index contributed by atoms with van der Waals surface area (Å²) in [6.07, 6.45) is 9.78. The molecule has 2 aliphatic heterocycles. The molecule has 9 rings (SSSR count). The van der Waals surface area contributed by atoms with Gasteiger partial charge < -0.3 is 34.5 Å². The highest BCUT2D eigenvalue weighted by Gasteiger charge is 2.62. The summed E-state index contributed by atoms with van der Waals surface area (Å²) in [6.45, 7) is 7.82. The smallest absolute Gasteiger partial charge is 0.408 e. The number of hydrogen-bond donors (Lipinski definition) is 3. The highest BCUT2D eigenvalue weighted by atomic mass is 32.2. The first-order chi connectivity index (χ1) is 31.1. The number of methoxy groups -OCH3 is 1. The van der Waals surface area contributed by atoms with Crippen molar-refractivity contribution in [1.29, 1.82) is 0 Å². The van der Waals surface area contributed by atoms with Gasteiger partial charge in [0.2, 0.25) is 33.6 Å². The fourth-order valence-electron chi connectivity index (χ4n) is 10.1. The zero-order valence-electron chi connectivity index (χ0n) is 37.7. The number of fused-ring (bicyclic) bond motifs is 4. The molecule has 3 aromatic rings. The van der Waals surface area contributed by atoms with Crippen LogP contribution in [0.5, 0.6) is 17.5 Å². The summed E-state index contributed by atoms with van der Waals surface area (Å²) >= 11 is 0. The third kappa shape index (κ3) is 9.75. The van der Waals surface area contributed by atoms with E-state index in [2.05, 4.69) is 27.3 Å². The van der Waals surface area contributed by atoms with Crippen LogP contribution in [0.1, 0.15) is 91.9 Å². The van der Waals surface area contributed by atoms with Crippen molar-refractivity contribution >= 4 is 44.6 Å². The van der Waals surface area contributed by atoms with Gasteiger partial charge in [-0.05, 0) is 131 Å². The van der Waals surface area contributed by atoms with Crippen molar-refractivity contribution in [3.05, 3.63) is 54.7 Å². The second kappa shape index (κ2) is 17.7. The molecule has 348 valence electrons. The Labute approximate surface area is 380 Å². The van der Waals surface area contributed by atoms with E-state index in [9.17, 15) is 22.8 Å². The van der Waals surface area contributed by atoms with Gasteiger partial charge in [-0.3, -0.25) is 19.1 Å². The highest BCUT2D eigenvalue weighted by Crippen LogP contribution is 2.52. The molecule has 5 fully saturated rings. The molecule has 4 heterocycles.